The quantitative estimate of drug-likeness (QED) is 0.679. The Balaban J connectivity index is 2.80. The summed E-state index contributed by atoms with van der Waals surface area (Å²) in [5.74, 6) is -0.389. The minimum absolute atomic E-state index is 0.0510. The van der Waals surface area contributed by atoms with Gasteiger partial charge in [0.05, 0.1) is 5.56 Å². The van der Waals surface area contributed by atoms with Gasteiger partial charge in [-0.05, 0) is 32.1 Å². The first-order valence-electron chi connectivity index (χ1n) is 5.00. The zero-order valence-corrected chi connectivity index (χ0v) is 9.27. The highest BCUT2D eigenvalue weighted by molar-refractivity contribution is 5.92. The highest BCUT2D eigenvalue weighted by atomic mass is 16.3. The van der Waals surface area contributed by atoms with Crippen LogP contribution in [0, 0.1) is 0 Å². The predicted molar refractivity (Wildman–Crippen MR) is 62.1 cm³/mol. The SMILES string of the molecule is CC(C)NC(=O)C=Cc1c(O)cccc1O. The van der Waals surface area contributed by atoms with Crippen LogP contribution in [0.15, 0.2) is 24.3 Å². The number of phenolic OH excluding ortho intramolecular Hbond substituents is 2. The summed E-state index contributed by atoms with van der Waals surface area (Å²) in [4.78, 5) is 11.3. The van der Waals surface area contributed by atoms with Crippen LogP contribution in [0.4, 0.5) is 0 Å². The molecule has 0 aliphatic rings. The average Bonchev–Trinajstić information content (AvgIpc) is 2.15. The maximum absolute atomic E-state index is 11.3. The highest BCUT2D eigenvalue weighted by Gasteiger charge is 2.04. The third-order valence-electron chi connectivity index (χ3n) is 1.89. The van der Waals surface area contributed by atoms with Crippen molar-refractivity contribution in [2.24, 2.45) is 0 Å². The molecule has 86 valence electrons. The minimum atomic E-state index is -0.266. The Labute approximate surface area is 94.2 Å². The maximum Gasteiger partial charge on any atom is 0.244 e. The number of aromatic hydroxyl groups is 2. The molecular formula is C12H15NO3. The van der Waals surface area contributed by atoms with Crippen molar-refractivity contribution in [3.8, 4) is 11.5 Å². The number of hydrogen-bond acceptors (Lipinski definition) is 3. The molecular weight excluding hydrogens is 206 g/mol. The van der Waals surface area contributed by atoms with Crippen LogP contribution in [-0.2, 0) is 4.79 Å². The average molecular weight is 221 g/mol. The zero-order valence-electron chi connectivity index (χ0n) is 9.27. The fourth-order valence-electron chi connectivity index (χ4n) is 1.20. The van der Waals surface area contributed by atoms with Gasteiger partial charge in [-0.2, -0.15) is 0 Å². The normalized spacial score (nSPS) is 10.9. The topological polar surface area (TPSA) is 69.6 Å². The van der Waals surface area contributed by atoms with E-state index in [1.165, 1.54) is 30.4 Å². The summed E-state index contributed by atoms with van der Waals surface area (Å²) in [6.07, 6.45) is 2.65. The van der Waals surface area contributed by atoms with Crippen molar-refractivity contribution in [1.82, 2.24) is 5.32 Å². The van der Waals surface area contributed by atoms with E-state index in [4.69, 9.17) is 0 Å². The number of carbonyl (C=O) groups excluding carboxylic acids is 1. The van der Waals surface area contributed by atoms with Gasteiger partial charge in [0, 0.05) is 12.1 Å². The van der Waals surface area contributed by atoms with E-state index in [0.29, 0.717) is 0 Å². The molecule has 1 aromatic carbocycles. The molecule has 0 fully saturated rings. The van der Waals surface area contributed by atoms with Crippen molar-refractivity contribution in [3.63, 3.8) is 0 Å². The minimum Gasteiger partial charge on any atom is -0.507 e. The summed E-state index contributed by atoms with van der Waals surface area (Å²) in [6.45, 7) is 3.70. The molecule has 0 aliphatic heterocycles. The summed E-state index contributed by atoms with van der Waals surface area (Å²) in [5, 5.41) is 21.5. The van der Waals surface area contributed by atoms with Crippen molar-refractivity contribution in [2.75, 3.05) is 0 Å². The van der Waals surface area contributed by atoms with Gasteiger partial charge < -0.3 is 15.5 Å². The van der Waals surface area contributed by atoms with Crippen LogP contribution in [0.5, 0.6) is 11.5 Å². The molecule has 1 aromatic rings. The molecule has 0 radical (unpaired) electrons. The summed E-state index contributed by atoms with van der Waals surface area (Å²) < 4.78 is 0. The van der Waals surface area contributed by atoms with E-state index >= 15 is 0 Å². The summed E-state index contributed by atoms with van der Waals surface area (Å²) in [6, 6.07) is 4.46. The van der Waals surface area contributed by atoms with Gasteiger partial charge in [0.1, 0.15) is 11.5 Å². The van der Waals surface area contributed by atoms with Crippen LogP contribution in [0.3, 0.4) is 0 Å². The van der Waals surface area contributed by atoms with E-state index < -0.39 is 0 Å². The van der Waals surface area contributed by atoms with E-state index in [0.717, 1.165) is 0 Å². The standard InChI is InChI=1S/C12H15NO3/c1-8(2)13-12(16)7-6-9-10(14)4-3-5-11(9)15/h3-8,14-15H,1-2H3,(H,13,16). The van der Waals surface area contributed by atoms with Crippen molar-refractivity contribution in [1.29, 1.82) is 0 Å². The lowest BCUT2D eigenvalue weighted by Crippen LogP contribution is -2.28. The molecule has 3 N–H and O–H groups in total. The van der Waals surface area contributed by atoms with E-state index in [1.54, 1.807) is 0 Å². The fraction of sp³-hybridized carbons (Fsp3) is 0.250. The Hall–Kier alpha value is -1.97. The summed E-state index contributed by atoms with van der Waals surface area (Å²) in [5.41, 5.74) is 0.237. The second-order valence-electron chi connectivity index (χ2n) is 3.71. The first-order valence-corrected chi connectivity index (χ1v) is 5.00. The van der Waals surface area contributed by atoms with Crippen LogP contribution < -0.4 is 5.32 Å². The summed E-state index contributed by atoms with van der Waals surface area (Å²) >= 11 is 0. The smallest absolute Gasteiger partial charge is 0.244 e. The first-order chi connectivity index (χ1) is 7.50. The molecule has 16 heavy (non-hydrogen) atoms. The van der Waals surface area contributed by atoms with Crippen molar-refractivity contribution < 1.29 is 15.0 Å². The van der Waals surface area contributed by atoms with Crippen LogP contribution in [0.1, 0.15) is 19.4 Å². The predicted octanol–water partition coefficient (Wildman–Crippen LogP) is 1.64. The lowest BCUT2D eigenvalue weighted by atomic mass is 10.1. The van der Waals surface area contributed by atoms with Crippen LogP contribution in [0.25, 0.3) is 6.08 Å². The van der Waals surface area contributed by atoms with Crippen molar-refractivity contribution in [3.05, 3.63) is 29.8 Å². The van der Waals surface area contributed by atoms with Gasteiger partial charge in [0.2, 0.25) is 5.91 Å². The maximum atomic E-state index is 11.3. The van der Waals surface area contributed by atoms with Gasteiger partial charge in [-0.1, -0.05) is 6.07 Å². The molecule has 0 aliphatic carbocycles. The Bertz CT molecular complexity index is 390. The molecule has 0 bridgehead atoms. The van der Waals surface area contributed by atoms with Crippen LogP contribution in [-0.4, -0.2) is 22.2 Å². The molecule has 0 saturated heterocycles. The number of hydrogen-bond donors (Lipinski definition) is 3. The number of carbonyl (C=O) groups is 1. The molecule has 1 rings (SSSR count). The van der Waals surface area contributed by atoms with Crippen molar-refractivity contribution in [2.45, 2.75) is 19.9 Å². The number of amides is 1. The van der Waals surface area contributed by atoms with Gasteiger partial charge in [-0.25, -0.2) is 0 Å². The number of rotatable bonds is 3. The second-order valence-corrected chi connectivity index (χ2v) is 3.71. The van der Waals surface area contributed by atoms with Gasteiger partial charge in [-0.15, -0.1) is 0 Å². The van der Waals surface area contributed by atoms with Gasteiger partial charge >= 0.3 is 0 Å². The third kappa shape index (κ3) is 3.31. The Morgan fingerprint density at radius 1 is 1.31 bits per heavy atom. The third-order valence-corrected chi connectivity index (χ3v) is 1.89. The molecule has 4 heteroatoms. The van der Waals surface area contributed by atoms with E-state index in [9.17, 15) is 15.0 Å². The van der Waals surface area contributed by atoms with Crippen LogP contribution >= 0.6 is 0 Å². The molecule has 4 nitrogen and oxygen atoms in total. The zero-order chi connectivity index (χ0) is 12.1. The highest BCUT2D eigenvalue weighted by Crippen LogP contribution is 2.27. The van der Waals surface area contributed by atoms with E-state index in [-0.39, 0.29) is 29.0 Å². The molecule has 0 unspecified atom stereocenters. The Kier molecular flexibility index (Phi) is 3.94. The molecule has 1 amide bonds. The molecule has 0 heterocycles. The lowest BCUT2D eigenvalue weighted by molar-refractivity contribution is -0.116. The number of nitrogens with one attached hydrogen (secondary N) is 1. The number of phenols is 2. The number of benzene rings is 1. The lowest BCUT2D eigenvalue weighted by Gasteiger charge is -2.05. The van der Waals surface area contributed by atoms with E-state index in [2.05, 4.69) is 5.32 Å². The monoisotopic (exact) mass is 221 g/mol. The van der Waals surface area contributed by atoms with Gasteiger partial charge in [0.25, 0.3) is 0 Å². The largest absolute Gasteiger partial charge is 0.507 e. The summed E-state index contributed by atoms with van der Waals surface area (Å²) in [7, 11) is 0. The van der Waals surface area contributed by atoms with Gasteiger partial charge in [0.15, 0.2) is 0 Å². The second kappa shape index (κ2) is 5.21. The molecule has 0 spiro atoms. The van der Waals surface area contributed by atoms with Crippen molar-refractivity contribution >= 4 is 12.0 Å². The molecule has 0 atom stereocenters. The molecule has 0 aromatic heterocycles. The molecule has 0 saturated carbocycles. The Morgan fingerprint density at radius 3 is 2.38 bits per heavy atom. The first kappa shape index (κ1) is 12.1. The van der Waals surface area contributed by atoms with E-state index in [1.807, 2.05) is 13.8 Å². The fourth-order valence-corrected chi connectivity index (χ4v) is 1.20. The van der Waals surface area contributed by atoms with Gasteiger partial charge in [-0.3, -0.25) is 4.79 Å². The van der Waals surface area contributed by atoms with Crippen LogP contribution in [0.2, 0.25) is 0 Å². The Morgan fingerprint density at radius 2 is 1.88 bits per heavy atom.